The average Bonchev–Trinajstić information content (AvgIpc) is 2.85. The molecule has 1 aromatic heterocycles. The lowest BCUT2D eigenvalue weighted by atomic mass is 9.99. The van der Waals surface area contributed by atoms with Crippen LogP contribution in [0.1, 0.15) is 17.2 Å². The highest BCUT2D eigenvalue weighted by Gasteiger charge is 2.13. The Morgan fingerprint density at radius 3 is 2.63 bits per heavy atom. The molecule has 1 heterocycles. The van der Waals surface area contributed by atoms with E-state index in [-0.39, 0.29) is 6.04 Å². The molecule has 1 atom stereocenters. The average molecular weight is 288 g/mol. The smallest absolute Gasteiger partial charge is 0.0438 e. The number of fused-ring (bicyclic) bond motifs is 1. The van der Waals surface area contributed by atoms with Crippen molar-refractivity contribution >= 4 is 33.0 Å². The molecule has 3 aromatic rings. The summed E-state index contributed by atoms with van der Waals surface area (Å²) in [6.45, 7) is 0. The van der Waals surface area contributed by atoms with Crippen LogP contribution in [0.3, 0.4) is 0 Å². The minimum Gasteiger partial charge on any atom is -0.324 e. The molecular weight excluding hydrogens is 274 g/mol. The Morgan fingerprint density at radius 1 is 1.05 bits per heavy atom. The van der Waals surface area contributed by atoms with Crippen molar-refractivity contribution in [3.8, 4) is 0 Å². The highest BCUT2D eigenvalue weighted by molar-refractivity contribution is 7.17. The number of rotatable bonds is 3. The zero-order valence-corrected chi connectivity index (χ0v) is 11.9. The second-order valence-corrected chi connectivity index (χ2v) is 5.91. The fraction of sp³-hybridized carbons (Fsp3) is 0.125. The summed E-state index contributed by atoms with van der Waals surface area (Å²) < 4.78 is 1.28. The highest BCUT2D eigenvalue weighted by atomic mass is 35.5. The van der Waals surface area contributed by atoms with Gasteiger partial charge < -0.3 is 5.73 Å². The molecule has 1 unspecified atom stereocenters. The Labute approximate surface area is 121 Å². The molecule has 0 radical (unpaired) electrons. The molecule has 2 aromatic carbocycles. The van der Waals surface area contributed by atoms with E-state index < -0.39 is 0 Å². The van der Waals surface area contributed by atoms with Gasteiger partial charge in [0, 0.05) is 15.8 Å². The van der Waals surface area contributed by atoms with Crippen molar-refractivity contribution in [1.29, 1.82) is 0 Å². The first kappa shape index (κ1) is 12.7. The van der Waals surface area contributed by atoms with E-state index in [4.69, 9.17) is 17.3 Å². The second-order valence-electron chi connectivity index (χ2n) is 4.59. The number of hydrogen-bond acceptors (Lipinski definition) is 2. The van der Waals surface area contributed by atoms with Gasteiger partial charge >= 0.3 is 0 Å². The van der Waals surface area contributed by atoms with Crippen LogP contribution >= 0.6 is 22.9 Å². The molecule has 3 rings (SSSR count). The van der Waals surface area contributed by atoms with Crippen molar-refractivity contribution in [2.75, 3.05) is 0 Å². The minimum atomic E-state index is -0.0175. The van der Waals surface area contributed by atoms with Crippen LogP contribution in [-0.4, -0.2) is 0 Å². The van der Waals surface area contributed by atoms with Gasteiger partial charge in [0.15, 0.2) is 0 Å². The molecule has 2 N–H and O–H groups in total. The first-order chi connectivity index (χ1) is 9.25. The van der Waals surface area contributed by atoms with E-state index in [1.807, 2.05) is 24.3 Å². The first-order valence-electron chi connectivity index (χ1n) is 6.21. The summed E-state index contributed by atoms with van der Waals surface area (Å²) in [7, 11) is 0. The van der Waals surface area contributed by atoms with Crippen molar-refractivity contribution in [1.82, 2.24) is 0 Å². The Bertz CT molecular complexity index is 705. The highest BCUT2D eigenvalue weighted by Crippen LogP contribution is 2.31. The molecule has 0 aliphatic carbocycles. The van der Waals surface area contributed by atoms with Crippen molar-refractivity contribution < 1.29 is 0 Å². The molecular formula is C16H14ClNS. The molecule has 1 nitrogen and oxygen atoms in total. The van der Waals surface area contributed by atoms with Crippen molar-refractivity contribution in [2.45, 2.75) is 12.5 Å². The van der Waals surface area contributed by atoms with Crippen molar-refractivity contribution in [3.63, 3.8) is 0 Å². The van der Waals surface area contributed by atoms with E-state index in [0.29, 0.717) is 0 Å². The second kappa shape index (κ2) is 5.33. The summed E-state index contributed by atoms with van der Waals surface area (Å²) in [6, 6.07) is 16.3. The lowest BCUT2D eigenvalue weighted by Gasteiger charge is -2.12. The Morgan fingerprint density at radius 2 is 1.79 bits per heavy atom. The zero-order chi connectivity index (χ0) is 13.2. The predicted octanol–water partition coefficient (Wildman–Crippen LogP) is 4.80. The van der Waals surface area contributed by atoms with Crippen LogP contribution in [0, 0.1) is 0 Å². The molecule has 0 saturated carbocycles. The van der Waals surface area contributed by atoms with Crippen LogP contribution < -0.4 is 5.73 Å². The Balaban J connectivity index is 1.92. The van der Waals surface area contributed by atoms with Gasteiger partial charge in [0.25, 0.3) is 0 Å². The van der Waals surface area contributed by atoms with Gasteiger partial charge in [-0.3, -0.25) is 0 Å². The molecule has 3 heteroatoms. The van der Waals surface area contributed by atoms with E-state index in [1.54, 1.807) is 11.3 Å². The number of halogens is 1. The lowest BCUT2D eigenvalue weighted by Crippen LogP contribution is -2.13. The fourth-order valence-corrected chi connectivity index (χ4v) is 3.53. The summed E-state index contributed by atoms with van der Waals surface area (Å²) >= 11 is 7.94. The van der Waals surface area contributed by atoms with E-state index >= 15 is 0 Å². The lowest BCUT2D eigenvalue weighted by molar-refractivity contribution is 0.730. The summed E-state index contributed by atoms with van der Waals surface area (Å²) in [5, 5.41) is 4.20. The molecule has 0 saturated heterocycles. The molecule has 0 bridgehead atoms. The third kappa shape index (κ3) is 2.52. The van der Waals surface area contributed by atoms with Crippen LogP contribution in [0.15, 0.2) is 53.9 Å². The molecule has 0 spiro atoms. The van der Waals surface area contributed by atoms with Gasteiger partial charge in [-0.25, -0.2) is 0 Å². The van der Waals surface area contributed by atoms with Crippen LogP contribution in [0.4, 0.5) is 0 Å². The van der Waals surface area contributed by atoms with Crippen LogP contribution in [-0.2, 0) is 6.42 Å². The standard InChI is InChI=1S/C16H14ClNS/c17-14-7-3-1-5-11(14)9-15(18)13-10-19-16-8-4-2-6-12(13)16/h1-8,10,15H,9,18H2. The monoisotopic (exact) mass is 287 g/mol. The van der Waals surface area contributed by atoms with Gasteiger partial charge in [-0.15, -0.1) is 11.3 Å². The van der Waals surface area contributed by atoms with Gasteiger partial charge in [0.1, 0.15) is 0 Å². The van der Waals surface area contributed by atoms with Gasteiger partial charge in [-0.05, 0) is 40.4 Å². The first-order valence-corrected chi connectivity index (χ1v) is 7.46. The molecule has 0 fully saturated rings. The summed E-state index contributed by atoms with van der Waals surface area (Å²) in [5.74, 6) is 0. The summed E-state index contributed by atoms with van der Waals surface area (Å²) in [6.07, 6.45) is 0.764. The van der Waals surface area contributed by atoms with E-state index in [1.165, 1.54) is 15.6 Å². The maximum Gasteiger partial charge on any atom is 0.0438 e. The quantitative estimate of drug-likeness (QED) is 0.736. The fourth-order valence-electron chi connectivity index (χ4n) is 2.30. The number of nitrogens with two attached hydrogens (primary N) is 1. The topological polar surface area (TPSA) is 26.0 Å². The van der Waals surface area contributed by atoms with Gasteiger partial charge in [-0.1, -0.05) is 48.0 Å². The van der Waals surface area contributed by atoms with E-state index in [9.17, 15) is 0 Å². The minimum absolute atomic E-state index is 0.0175. The SMILES string of the molecule is NC(Cc1ccccc1Cl)c1csc2ccccc12. The normalized spacial score (nSPS) is 12.7. The van der Waals surface area contributed by atoms with Gasteiger partial charge in [0.05, 0.1) is 0 Å². The van der Waals surface area contributed by atoms with E-state index in [0.717, 1.165) is 17.0 Å². The maximum absolute atomic E-state index is 6.35. The third-order valence-corrected chi connectivity index (χ3v) is 4.66. The molecule has 0 aliphatic rings. The zero-order valence-electron chi connectivity index (χ0n) is 10.3. The number of benzene rings is 2. The molecule has 96 valence electrons. The van der Waals surface area contributed by atoms with Gasteiger partial charge in [-0.2, -0.15) is 0 Å². The molecule has 0 amide bonds. The van der Waals surface area contributed by atoms with Gasteiger partial charge in [0.2, 0.25) is 0 Å². The maximum atomic E-state index is 6.35. The molecule has 0 aliphatic heterocycles. The summed E-state index contributed by atoms with van der Waals surface area (Å²) in [4.78, 5) is 0. The van der Waals surface area contributed by atoms with Crippen LogP contribution in [0.5, 0.6) is 0 Å². The third-order valence-electron chi connectivity index (χ3n) is 3.31. The van der Waals surface area contributed by atoms with Crippen molar-refractivity contribution in [3.05, 3.63) is 70.1 Å². The van der Waals surface area contributed by atoms with Crippen molar-refractivity contribution in [2.24, 2.45) is 5.73 Å². The molecule has 19 heavy (non-hydrogen) atoms. The largest absolute Gasteiger partial charge is 0.324 e. The van der Waals surface area contributed by atoms with E-state index in [2.05, 4.69) is 29.6 Å². The Hall–Kier alpha value is -1.35. The number of thiophene rings is 1. The van der Waals surface area contributed by atoms with Crippen LogP contribution in [0.2, 0.25) is 5.02 Å². The Kier molecular flexibility index (Phi) is 3.56. The van der Waals surface area contributed by atoms with Crippen LogP contribution in [0.25, 0.3) is 10.1 Å². The summed E-state index contributed by atoms with van der Waals surface area (Å²) in [5.41, 5.74) is 8.67. The predicted molar refractivity (Wildman–Crippen MR) is 83.9 cm³/mol. The number of hydrogen-bond donors (Lipinski definition) is 1.